The Morgan fingerprint density at radius 3 is 2.64 bits per heavy atom. The van der Waals surface area contributed by atoms with Crippen molar-refractivity contribution in [1.82, 2.24) is 0 Å². The zero-order valence-electron chi connectivity index (χ0n) is 13.6. The molecular formula is C19H16Br2N2O2. The second-order valence-corrected chi connectivity index (χ2v) is 6.91. The normalized spacial score (nSPS) is 10.9. The Morgan fingerprint density at radius 2 is 2.00 bits per heavy atom. The molecule has 0 aliphatic heterocycles. The molecule has 0 aliphatic rings. The number of nitrogens with zero attached hydrogens (tertiary/aromatic N) is 1. The van der Waals surface area contributed by atoms with E-state index in [1.807, 2.05) is 43.3 Å². The topological polar surface area (TPSA) is 62.1 Å². The van der Waals surface area contributed by atoms with E-state index in [9.17, 15) is 10.1 Å². The first-order chi connectivity index (χ1) is 12.0. The molecule has 0 spiro atoms. The third-order valence-corrected chi connectivity index (χ3v) is 4.23. The van der Waals surface area contributed by atoms with Gasteiger partial charge < -0.3 is 10.1 Å². The van der Waals surface area contributed by atoms with Crippen LogP contribution >= 0.6 is 31.9 Å². The van der Waals surface area contributed by atoms with Crippen LogP contribution in [0, 0.1) is 11.3 Å². The quantitative estimate of drug-likeness (QED) is 0.451. The predicted molar refractivity (Wildman–Crippen MR) is 106 cm³/mol. The summed E-state index contributed by atoms with van der Waals surface area (Å²) in [4.78, 5) is 12.4. The van der Waals surface area contributed by atoms with Crippen LogP contribution in [0.4, 0.5) is 5.69 Å². The van der Waals surface area contributed by atoms with Gasteiger partial charge >= 0.3 is 0 Å². The van der Waals surface area contributed by atoms with Gasteiger partial charge in [0.2, 0.25) is 0 Å². The third kappa shape index (κ3) is 5.45. The van der Waals surface area contributed by atoms with Crippen LogP contribution in [0.15, 0.2) is 57.0 Å². The number of hydrogen-bond acceptors (Lipinski definition) is 3. The van der Waals surface area contributed by atoms with Crippen LogP contribution in [-0.4, -0.2) is 12.5 Å². The highest BCUT2D eigenvalue weighted by Gasteiger charge is 2.14. The molecule has 0 aromatic heterocycles. The summed E-state index contributed by atoms with van der Waals surface area (Å²) in [5.74, 6) is 0.136. The van der Waals surface area contributed by atoms with Crippen molar-refractivity contribution >= 4 is 49.5 Å². The fourth-order valence-electron chi connectivity index (χ4n) is 2.07. The van der Waals surface area contributed by atoms with Crippen molar-refractivity contribution in [1.29, 1.82) is 5.26 Å². The Bertz CT molecular complexity index is 827. The van der Waals surface area contributed by atoms with Gasteiger partial charge in [-0.05, 0) is 52.7 Å². The van der Waals surface area contributed by atoms with Crippen molar-refractivity contribution in [3.8, 4) is 11.8 Å². The lowest BCUT2D eigenvalue weighted by atomic mass is 10.1. The van der Waals surface area contributed by atoms with Gasteiger partial charge in [0.05, 0.1) is 11.1 Å². The maximum absolute atomic E-state index is 12.4. The second-order valence-electron chi connectivity index (χ2n) is 5.14. The van der Waals surface area contributed by atoms with Crippen LogP contribution in [-0.2, 0) is 4.79 Å². The Morgan fingerprint density at radius 1 is 1.28 bits per heavy atom. The first kappa shape index (κ1) is 19.2. The van der Waals surface area contributed by atoms with E-state index < -0.39 is 5.91 Å². The van der Waals surface area contributed by atoms with Crippen LogP contribution in [0.3, 0.4) is 0 Å². The van der Waals surface area contributed by atoms with Crippen molar-refractivity contribution < 1.29 is 9.53 Å². The molecule has 128 valence electrons. The molecule has 6 heteroatoms. The van der Waals surface area contributed by atoms with Gasteiger partial charge in [0, 0.05) is 15.7 Å². The Hall–Kier alpha value is -2.10. The monoisotopic (exact) mass is 462 g/mol. The third-order valence-electron chi connectivity index (χ3n) is 3.18. The highest BCUT2D eigenvalue weighted by molar-refractivity contribution is 9.11. The van der Waals surface area contributed by atoms with E-state index in [4.69, 9.17) is 4.74 Å². The number of halogens is 2. The van der Waals surface area contributed by atoms with E-state index in [2.05, 4.69) is 37.2 Å². The van der Waals surface area contributed by atoms with Crippen molar-refractivity contribution in [2.45, 2.75) is 13.3 Å². The fraction of sp³-hybridized carbons (Fsp3) is 0.158. The number of nitrogens with one attached hydrogen (secondary N) is 1. The molecule has 0 unspecified atom stereocenters. The number of anilines is 1. The lowest BCUT2D eigenvalue weighted by molar-refractivity contribution is -0.112. The van der Waals surface area contributed by atoms with Gasteiger partial charge in [-0.2, -0.15) is 5.26 Å². The number of nitriles is 1. The van der Waals surface area contributed by atoms with Gasteiger partial charge in [0.25, 0.3) is 5.91 Å². The molecule has 1 amide bonds. The van der Waals surface area contributed by atoms with E-state index in [0.717, 1.165) is 15.4 Å². The molecular weight excluding hydrogens is 448 g/mol. The minimum absolute atomic E-state index is 0.00444. The van der Waals surface area contributed by atoms with Crippen LogP contribution in [0.25, 0.3) is 6.08 Å². The van der Waals surface area contributed by atoms with Gasteiger partial charge in [0.1, 0.15) is 17.4 Å². The lowest BCUT2D eigenvalue weighted by Gasteiger charge is -2.12. The molecule has 4 nitrogen and oxygen atoms in total. The number of benzene rings is 2. The molecule has 2 rings (SSSR count). The summed E-state index contributed by atoms with van der Waals surface area (Å²) in [6.45, 7) is 2.55. The lowest BCUT2D eigenvalue weighted by Crippen LogP contribution is -2.13. The molecule has 2 aromatic carbocycles. The summed E-state index contributed by atoms with van der Waals surface area (Å²) in [6, 6.07) is 14.6. The molecule has 0 radical (unpaired) electrons. The van der Waals surface area contributed by atoms with Crippen molar-refractivity contribution in [2.24, 2.45) is 0 Å². The Kier molecular flexibility index (Phi) is 7.23. The molecule has 0 saturated heterocycles. The largest absolute Gasteiger partial charge is 0.492 e. The molecule has 0 fully saturated rings. The first-order valence-electron chi connectivity index (χ1n) is 7.65. The van der Waals surface area contributed by atoms with E-state index in [1.54, 1.807) is 12.1 Å². The Balaban J connectivity index is 2.35. The maximum Gasteiger partial charge on any atom is 0.266 e. The van der Waals surface area contributed by atoms with Gasteiger partial charge in [0.15, 0.2) is 0 Å². The predicted octanol–water partition coefficient (Wildman–Crippen LogP) is 5.55. The van der Waals surface area contributed by atoms with Crippen molar-refractivity contribution in [3.63, 3.8) is 0 Å². The summed E-state index contributed by atoms with van der Waals surface area (Å²) in [5.41, 5.74) is 1.27. The molecule has 0 atom stereocenters. The number of carbonyl (C=O) groups is 1. The minimum Gasteiger partial charge on any atom is -0.492 e. The SMILES string of the molecule is CCCOc1c(Br)cc(Br)cc1/C=C(\C#N)C(=O)Nc1ccccc1. The number of rotatable bonds is 6. The summed E-state index contributed by atoms with van der Waals surface area (Å²) < 4.78 is 7.33. The van der Waals surface area contributed by atoms with Crippen molar-refractivity contribution in [3.05, 3.63) is 62.5 Å². The van der Waals surface area contributed by atoms with Crippen LogP contribution in [0.5, 0.6) is 5.75 Å². The van der Waals surface area contributed by atoms with E-state index in [1.165, 1.54) is 6.08 Å². The van der Waals surface area contributed by atoms with Gasteiger partial charge in [-0.3, -0.25) is 4.79 Å². The summed E-state index contributed by atoms with van der Waals surface area (Å²) in [7, 11) is 0. The standard InChI is InChI=1S/C19H16Br2N2O2/c1-2-8-25-18-13(10-15(20)11-17(18)21)9-14(12-22)19(24)23-16-6-4-3-5-7-16/h3-7,9-11H,2,8H2,1H3,(H,23,24)/b14-9+. The van der Waals surface area contributed by atoms with Gasteiger partial charge in [-0.25, -0.2) is 0 Å². The zero-order chi connectivity index (χ0) is 18.2. The van der Waals surface area contributed by atoms with E-state index in [0.29, 0.717) is 23.6 Å². The Labute approximate surface area is 163 Å². The van der Waals surface area contributed by atoms with E-state index in [-0.39, 0.29) is 5.57 Å². The van der Waals surface area contributed by atoms with Crippen LogP contribution in [0.1, 0.15) is 18.9 Å². The minimum atomic E-state index is -0.466. The molecule has 0 bridgehead atoms. The smallest absolute Gasteiger partial charge is 0.266 e. The number of carbonyl (C=O) groups excluding carboxylic acids is 1. The van der Waals surface area contributed by atoms with E-state index >= 15 is 0 Å². The first-order valence-corrected chi connectivity index (χ1v) is 9.23. The average molecular weight is 464 g/mol. The fourth-order valence-corrected chi connectivity index (χ4v) is 3.44. The average Bonchev–Trinajstić information content (AvgIpc) is 2.59. The summed E-state index contributed by atoms with van der Waals surface area (Å²) in [6.07, 6.45) is 2.38. The maximum atomic E-state index is 12.4. The molecule has 0 heterocycles. The zero-order valence-corrected chi connectivity index (χ0v) is 16.7. The number of ether oxygens (including phenoxy) is 1. The highest BCUT2D eigenvalue weighted by atomic mass is 79.9. The van der Waals surface area contributed by atoms with Gasteiger partial charge in [-0.15, -0.1) is 0 Å². The molecule has 0 saturated carbocycles. The number of amides is 1. The van der Waals surface area contributed by atoms with Crippen molar-refractivity contribution in [2.75, 3.05) is 11.9 Å². The number of para-hydroxylation sites is 1. The van der Waals surface area contributed by atoms with Crippen LogP contribution in [0.2, 0.25) is 0 Å². The summed E-state index contributed by atoms with van der Waals surface area (Å²) in [5, 5.41) is 12.1. The van der Waals surface area contributed by atoms with Crippen LogP contribution < -0.4 is 10.1 Å². The number of hydrogen-bond donors (Lipinski definition) is 1. The van der Waals surface area contributed by atoms with Gasteiger partial charge in [-0.1, -0.05) is 41.1 Å². The highest BCUT2D eigenvalue weighted by Crippen LogP contribution is 2.34. The molecule has 2 aromatic rings. The molecule has 1 N–H and O–H groups in total. The second kappa shape index (κ2) is 9.40. The molecule has 25 heavy (non-hydrogen) atoms. The molecule has 0 aliphatic carbocycles. The summed E-state index contributed by atoms with van der Waals surface area (Å²) >= 11 is 6.88.